The third-order valence-corrected chi connectivity index (χ3v) is 3.53. The van der Waals surface area contributed by atoms with Gasteiger partial charge < -0.3 is 14.7 Å². The minimum Gasteiger partial charge on any atom is -0.492 e. The Bertz CT molecular complexity index is 525. The van der Waals surface area contributed by atoms with Crippen LogP contribution in [-0.4, -0.2) is 30.1 Å². The van der Waals surface area contributed by atoms with Crippen molar-refractivity contribution in [3.63, 3.8) is 0 Å². The number of aliphatic carboxylic acids is 1. The normalized spacial score (nSPS) is 15.3. The van der Waals surface area contributed by atoms with Crippen LogP contribution in [0.2, 0.25) is 0 Å². The van der Waals surface area contributed by atoms with Crippen LogP contribution in [0.1, 0.15) is 26.7 Å². The quantitative estimate of drug-likeness (QED) is 0.838. The molecule has 1 aromatic carbocycles. The second-order valence-electron chi connectivity index (χ2n) is 5.36. The van der Waals surface area contributed by atoms with E-state index in [-0.39, 0.29) is 18.4 Å². The van der Waals surface area contributed by atoms with Crippen LogP contribution in [-0.2, 0) is 9.59 Å². The number of carbonyl (C=O) groups is 2. The fraction of sp³-hybridized carbons (Fsp3) is 0.500. The van der Waals surface area contributed by atoms with E-state index in [9.17, 15) is 9.59 Å². The van der Waals surface area contributed by atoms with Crippen LogP contribution in [0.25, 0.3) is 0 Å². The zero-order valence-corrected chi connectivity index (χ0v) is 12.4. The van der Waals surface area contributed by atoms with E-state index in [0.29, 0.717) is 18.0 Å². The molecule has 1 aromatic rings. The van der Waals surface area contributed by atoms with E-state index < -0.39 is 11.9 Å². The van der Waals surface area contributed by atoms with Crippen molar-refractivity contribution in [1.29, 1.82) is 0 Å². The van der Waals surface area contributed by atoms with Crippen molar-refractivity contribution in [3.8, 4) is 5.75 Å². The fourth-order valence-electron chi connectivity index (χ4n) is 2.17. The molecular weight excluding hydrogens is 270 g/mol. The first-order chi connectivity index (χ1) is 10.0. The second-order valence-corrected chi connectivity index (χ2v) is 5.36. The number of carbonyl (C=O) groups excluding carboxylic acids is 1. The van der Waals surface area contributed by atoms with Gasteiger partial charge in [0.1, 0.15) is 5.75 Å². The predicted molar refractivity (Wildman–Crippen MR) is 79.5 cm³/mol. The van der Waals surface area contributed by atoms with Crippen LogP contribution in [0.4, 0.5) is 5.69 Å². The molecule has 1 amide bonds. The summed E-state index contributed by atoms with van der Waals surface area (Å²) in [5.74, 6) is -0.887. The number of rotatable bonds is 7. The fourth-order valence-corrected chi connectivity index (χ4v) is 2.17. The van der Waals surface area contributed by atoms with Crippen LogP contribution in [0, 0.1) is 11.8 Å². The number of hydrogen-bond donors (Lipinski definition) is 1. The molecule has 1 fully saturated rings. The smallest absolute Gasteiger partial charge is 0.308 e. The molecule has 1 saturated carbocycles. The largest absolute Gasteiger partial charge is 0.492 e. The van der Waals surface area contributed by atoms with Gasteiger partial charge >= 0.3 is 5.97 Å². The van der Waals surface area contributed by atoms with Gasteiger partial charge in [-0.25, -0.2) is 0 Å². The molecule has 0 saturated heterocycles. The Kier molecular flexibility index (Phi) is 4.83. The van der Waals surface area contributed by atoms with E-state index in [0.717, 1.165) is 12.8 Å². The van der Waals surface area contributed by atoms with Crippen molar-refractivity contribution in [2.75, 3.05) is 18.1 Å². The maximum Gasteiger partial charge on any atom is 0.308 e. The highest BCUT2D eigenvalue weighted by Crippen LogP contribution is 2.36. The molecule has 5 heteroatoms. The summed E-state index contributed by atoms with van der Waals surface area (Å²) in [5, 5.41) is 9.12. The van der Waals surface area contributed by atoms with E-state index in [1.54, 1.807) is 24.0 Å². The maximum atomic E-state index is 12.5. The summed E-state index contributed by atoms with van der Waals surface area (Å²) < 4.78 is 5.57. The van der Waals surface area contributed by atoms with Crippen LogP contribution in [0.5, 0.6) is 5.75 Å². The summed E-state index contributed by atoms with van der Waals surface area (Å²) in [4.78, 5) is 25.2. The summed E-state index contributed by atoms with van der Waals surface area (Å²) in [6.45, 7) is 4.15. The van der Waals surface area contributed by atoms with Crippen molar-refractivity contribution >= 4 is 17.6 Å². The van der Waals surface area contributed by atoms with Crippen LogP contribution < -0.4 is 9.64 Å². The van der Waals surface area contributed by atoms with Gasteiger partial charge in [-0.3, -0.25) is 9.59 Å². The maximum absolute atomic E-state index is 12.5. The number of para-hydroxylation sites is 2. The number of carboxylic acids is 1. The van der Waals surface area contributed by atoms with Gasteiger partial charge in [-0.05, 0) is 31.9 Å². The van der Waals surface area contributed by atoms with Crippen molar-refractivity contribution in [1.82, 2.24) is 0 Å². The standard InChI is InChI=1S/C16H21NO4/c1-3-21-14-7-5-4-6-13(14)17(10-11(2)16(19)20)15(18)12-8-9-12/h4-7,11-12H,3,8-10H2,1-2H3,(H,19,20). The van der Waals surface area contributed by atoms with E-state index in [1.807, 2.05) is 19.1 Å². The average Bonchev–Trinajstić information content (AvgIpc) is 3.29. The predicted octanol–water partition coefficient (Wildman–Crippen LogP) is 2.55. The molecule has 1 unspecified atom stereocenters. The van der Waals surface area contributed by atoms with Crippen molar-refractivity contribution < 1.29 is 19.4 Å². The molecule has 1 N–H and O–H groups in total. The van der Waals surface area contributed by atoms with Gasteiger partial charge in [0.2, 0.25) is 5.91 Å². The Labute approximate surface area is 124 Å². The lowest BCUT2D eigenvalue weighted by Gasteiger charge is -2.26. The highest BCUT2D eigenvalue weighted by molar-refractivity contribution is 5.98. The molecule has 21 heavy (non-hydrogen) atoms. The van der Waals surface area contributed by atoms with Crippen molar-refractivity contribution in [3.05, 3.63) is 24.3 Å². The monoisotopic (exact) mass is 291 g/mol. The molecule has 1 atom stereocenters. The number of amides is 1. The first kappa shape index (κ1) is 15.4. The zero-order chi connectivity index (χ0) is 15.4. The number of hydrogen-bond acceptors (Lipinski definition) is 3. The molecule has 1 aliphatic rings. The van der Waals surface area contributed by atoms with E-state index in [2.05, 4.69) is 0 Å². The molecule has 5 nitrogen and oxygen atoms in total. The molecular formula is C16H21NO4. The topological polar surface area (TPSA) is 66.8 Å². The highest BCUT2D eigenvalue weighted by Gasteiger charge is 2.36. The molecule has 0 spiro atoms. The summed E-state index contributed by atoms with van der Waals surface area (Å²) >= 11 is 0. The third kappa shape index (κ3) is 3.74. The van der Waals surface area contributed by atoms with Crippen LogP contribution in [0.3, 0.4) is 0 Å². The Morgan fingerprint density at radius 3 is 2.62 bits per heavy atom. The van der Waals surface area contributed by atoms with Crippen molar-refractivity contribution in [2.45, 2.75) is 26.7 Å². The van der Waals surface area contributed by atoms with Gasteiger partial charge in [0.25, 0.3) is 0 Å². The molecule has 0 aliphatic heterocycles. The first-order valence-electron chi connectivity index (χ1n) is 7.30. The minimum atomic E-state index is -0.905. The zero-order valence-electron chi connectivity index (χ0n) is 12.4. The van der Waals surface area contributed by atoms with Gasteiger partial charge in [0.15, 0.2) is 0 Å². The van der Waals surface area contributed by atoms with Crippen LogP contribution in [0.15, 0.2) is 24.3 Å². The van der Waals surface area contributed by atoms with Crippen molar-refractivity contribution in [2.24, 2.45) is 11.8 Å². The average molecular weight is 291 g/mol. The van der Waals surface area contributed by atoms with Gasteiger partial charge in [0.05, 0.1) is 18.2 Å². The molecule has 0 aromatic heterocycles. The summed E-state index contributed by atoms with van der Waals surface area (Å²) in [7, 11) is 0. The number of carboxylic acid groups (broad SMARTS) is 1. The summed E-state index contributed by atoms with van der Waals surface area (Å²) in [5.41, 5.74) is 0.657. The number of nitrogens with zero attached hydrogens (tertiary/aromatic N) is 1. The lowest BCUT2D eigenvalue weighted by atomic mass is 10.1. The highest BCUT2D eigenvalue weighted by atomic mass is 16.5. The second kappa shape index (κ2) is 6.61. The Hall–Kier alpha value is -2.04. The molecule has 114 valence electrons. The lowest BCUT2D eigenvalue weighted by Crippen LogP contribution is -2.38. The third-order valence-electron chi connectivity index (χ3n) is 3.53. The lowest BCUT2D eigenvalue weighted by molar-refractivity contribution is -0.140. The molecule has 0 radical (unpaired) electrons. The van der Waals surface area contributed by atoms with E-state index in [4.69, 9.17) is 9.84 Å². The summed E-state index contributed by atoms with van der Waals surface area (Å²) in [6, 6.07) is 7.28. The van der Waals surface area contributed by atoms with Gasteiger partial charge in [-0.15, -0.1) is 0 Å². The first-order valence-corrected chi connectivity index (χ1v) is 7.30. The minimum absolute atomic E-state index is 0.00440. The van der Waals surface area contributed by atoms with E-state index >= 15 is 0 Å². The van der Waals surface area contributed by atoms with E-state index in [1.165, 1.54) is 0 Å². The van der Waals surface area contributed by atoms with Crippen LogP contribution >= 0.6 is 0 Å². The number of ether oxygens (including phenoxy) is 1. The Balaban J connectivity index is 2.29. The molecule has 1 aliphatic carbocycles. The van der Waals surface area contributed by atoms with Gasteiger partial charge in [0, 0.05) is 12.5 Å². The molecule has 0 bridgehead atoms. The van der Waals surface area contributed by atoms with Gasteiger partial charge in [-0.1, -0.05) is 19.1 Å². The Morgan fingerprint density at radius 1 is 1.38 bits per heavy atom. The molecule has 2 rings (SSSR count). The molecule has 0 heterocycles. The summed E-state index contributed by atoms with van der Waals surface area (Å²) in [6.07, 6.45) is 1.77. The Morgan fingerprint density at radius 2 is 2.05 bits per heavy atom. The number of anilines is 1. The van der Waals surface area contributed by atoms with Gasteiger partial charge in [-0.2, -0.15) is 0 Å². The SMILES string of the molecule is CCOc1ccccc1N(CC(C)C(=O)O)C(=O)C1CC1. The number of benzene rings is 1.